The molecule has 0 aliphatic rings. The van der Waals surface area contributed by atoms with Crippen molar-refractivity contribution in [3.8, 4) is 5.75 Å². The Labute approximate surface area is 170 Å². The van der Waals surface area contributed by atoms with Gasteiger partial charge in [-0.3, -0.25) is 14.9 Å². The van der Waals surface area contributed by atoms with E-state index in [0.29, 0.717) is 22.3 Å². The number of carbonyl (C=O) groups excluding carboxylic acids is 1. The van der Waals surface area contributed by atoms with Crippen LogP contribution in [0, 0.1) is 10.1 Å². The summed E-state index contributed by atoms with van der Waals surface area (Å²) >= 11 is 5.81. The van der Waals surface area contributed by atoms with Gasteiger partial charge in [-0.2, -0.15) is 5.10 Å². The molecule has 29 heavy (non-hydrogen) atoms. The highest BCUT2D eigenvalue weighted by atomic mass is 35.5. The first-order valence-electron chi connectivity index (χ1n) is 8.52. The number of non-ortho nitro benzene ring substituents is 1. The van der Waals surface area contributed by atoms with Crippen LogP contribution in [0.5, 0.6) is 5.75 Å². The van der Waals surface area contributed by atoms with Gasteiger partial charge in [0.25, 0.3) is 5.69 Å². The predicted octanol–water partition coefficient (Wildman–Crippen LogP) is 4.11. The van der Waals surface area contributed by atoms with Crippen molar-refractivity contribution >= 4 is 29.4 Å². The van der Waals surface area contributed by atoms with Crippen LogP contribution in [0.15, 0.2) is 70.2 Å². The number of hydrogen-bond acceptors (Lipinski definition) is 6. The predicted molar refractivity (Wildman–Crippen MR) is 107 cm³/mol. The molecule has 1 aromatic heterocycles. The molecule has 0 saturated heterocycles. The molecule has 0 saturated carbocycles. The van der Waals surface area contributed by atoms with Crippen molar-refractivity contribution in [3.63, 3.8) is 0 Å². The molecule has 0 fully saturated rings. The molecule has 0 radical (unpaired) electrons. The number of hydrazone groups is 1. The third-order valence-electron chi connectivity index (χ3n) is 3.77. The van der Waals surface area contributed by atoms with Gasteiger partial charge in [0.05, 0.1) is 17.6 Å². The Balaban J connectivity index is 1.46. The quantitative estimate of drug-likeness (QED) is 0.339. The van der Waals surface area contributed by atoms with Crippen LogP contribution in [0.25, 0.3) is 0 Å². The number of nitro benzene ring substituents is 1. The molecule has 148 valence electrons. The maximum Gasteiger partial charge on any atom is 0.269 e. The number of nitrogens with zero attached hydrogens (tertiary/aromatic N) is 2. The highest BCUT2D eigenvalue weighted by Gasteiger charge is 2.06. The Bertz CT molecular complexity index is 1010. The lowest BCUT2D eigenvalue weighted by atomic mass is 10.1. The summed E-state index contributed by atoms with van der Waals surface area (Å²) in [5, 5.41) is 15.1. The van der Waals surface area contributed by atoms with E-state index in [1.54, 1.807) is 36.4 Å². The van der Waals surface area contributed by atoms with Crippen molar-refractivity contribution < 1.29 is 18.9 Å². The third kappa shape index (κ3) is 6.18. The highest BCUT2D eigenvalue weighted by Crippen LogP contribution is 2.19. The van der Waals surface area contributed by atoms with E-state index in [-0.39, 0.29) is 24.6 Å². The first-order valence-corrected chi connectivity index (χ1v) is 8.90. The number of ether oxygens (including phenoxy) is 1. The minimum absolute atomic E-state index is 0.00745. The van der Waals surface area contributed by atoms with Crippen LogP contribution >= 0.6 is 11.6 Å². The van der Waals surface area contributed by atoms with Crippen LogP contribution in [0.3, 0.4) is 0 Å². The van der Waals surface area contributed by atoms with Gasteiger partial charge in [-0.05, 0) is 42.0 Å². The minimum atomic E-state index is -0.476. The molecular formula is C20H16ClN3O5. The van der Waals surface area contributed by atoms with Gasteiger partial charge in [0.2, 0.25) is 5.91 Å². The third-order valence-corrected chi connectivity index (χ3v) is 4.02. The van der Waals surface area contributed by atoms with Gasteiger partial charge in [0, 0.05) is 17.2 Å². The number of hydrogen-bond donors (Lipinski definition) is 1. The smallest absolute Gasteiger partial charge is 0.269 e. The van der Waals surface area contributed by atoms with E-state index in [0.717, 1.165) is 5.56 Å². The molecule has 2 aromatic carbocycles. The Kier molecular flexibility index (Phi) is 6.59. The zero-order chi connectivity index (χ0) is 20.6. The van der Waals surface area contributed by atoms with Gasteiger partial charge in [-0.25, -0.2) is 5.43 Å². The first kappa shape index (κ1) is 20.1. The second-order valence-corrected chi connectivity index (χ2v) is 6.38. The van der Waals surface area contributed by atoms with Crippen molar-refractivity contribution in [2.45, 2.75) is 13.0 Å². The van der Waals surface area contributed by atoms with Crippen LogP contribution < -0.4 is 10.2 Å². The normalized spacial score (nSPS) is 10.8. The van der Waals surface area contributed by atoms with Gasteiger partial charge in [-0.1, -0.05) is 23.7 Å². The Morgan fingerprint density at radius 2 is 1.86 bits per heavy atom. The Morgan fingerprint density at radius 3 is 2.55 bits per heavy atom. The second-order valence-electron chi connectivity index (χ2n) is 5.94. The van der Waals surface area contributed by atoms with E-state index >= 15 is 0 Å². The average Bonchev–Trinajstić information content (AvgIpc) is 3.16. The lowest BCUT2D eigenvalue weighted by Crippen LogP contribution is -2.19. The van der Waals surface area contributed by atoms with Crippen LogP contribution in [-0.4, -0.2) is 17.0 Å². The maximum atomic E-state index is 11.9. The number of halogens is 1. The van der Waals surface area contributed by atoms with Crippen LogP contribution in [0.4, 0.5) is 5.69 Å². The molecule has 0 atom stereocenters. The molecule has 0 spiro atoms. The lowest BCUT2D eigenvalue weighted by Gasteiger charge is -2.03. The van der Waals surface area contributed by atoms with Crippen molar-refractivity contribution in [2.24, 2.45) is 5.10 Å². The Hall–Kier alpha value is -3.65. The van der Waals surface area contributed by atoms with Crippen LogP contribution in [0.2, 0.25) is 5.02 Å². The first-order chi connectivity index (χ1) is 14.0. The van der Waals surface area contributed by atoms with E-state index in [2.05, 4.69) is 10.5 Å². The fourth-order valence-corrected chi connectivity index (χ4v) is 2.48. The number of nitro groups is 1. The minimum Gasteiger partial charge on any atom is -0.486 e. The molecule has 0 aliphatic heterocycles. The van der Waals surface area contributed by atoms with Gasteiger partial charge in [0.15, 0.2) is 0 Å². The molecule has 1 amide bonds. The van der Waals surface area contributed by atoms with Gasteiger partial charge >= 0.3 is 0 Å². The Morgan fingerprint density at radius 1 is 1.14 bits per heavy atom. The summed E-state index contributed by atoms with van der Waals surface area (Å²) in [6.07, 6.45) is 1.57. The molecule has 9 heteroatoms. The van der Waals surface area contributed by atoms with Gasteiger partial charge in [0.1, 0.15) is 23.9 Å². The number of furan rings is 1. The molecule has 3 rings (SSSR count). The monoisotopic (exact) mass is 413 g/mol. The summed E-state index contributed by atoms with van der Waals surface area (Å²) < 4.78 is 11.0. The topological polar surface area (TPSA) is 107 Å². The van der Waals surface area contributed by atoms with Gasteiger partial charge < -0.3 is 9.15 Å². The van der Waals surface area contributed by atoms with E-state index in [9.17, 15) is 14.9 Å². The number of rotatable bonds is 8. The maximum absolute atomic E-state index is 11.9. The summed E-state index contributed by atoms with van der Waals surface area (Å²) in [5.41, 5.74) is 3.24. The number of carbonyl (C=O) groups is 1. The van der Waals surface area contributed by atoms with Crippen molar-refractivity contribution in [2.75, 3.05) is 0 Å². The second kappa shape index (κ2) is 9.52. The fraction of sp³-hybridized carbons (Fsp3) is 0.100. The van der Waals surface area contributed by atoms with Crippen molar-refractivity contribution in [3.05, 3.63) is 92.9 Å². The molecule has 0 unspecified atom stereocenters. The molecule has 1 N–H and O–H groups in total. The van der Waals surface area contributed by atoms with Crippen molar-refractivity contribution in [1.29, 1.82) is 0 Å². The average molecular weight is 414 g/mol. The highest BCUT2D eigenvalue weighted by molar-refractivity contribution is 6.30. The zero-order valence-corrected chi connectivity index (χ0v) is 15.8. The lowest BCUT2D eigenvalue weighted by molar-refractivity contribution is -0.384. The summed E-state index contributed by atoms with van der Waals surface area (Å²) in [5.74, 6) is 1.20. The van der Waals surface area contributed by atoms with Crippen molar-refractivity contribution in [1.82, 2.24) is 5.43 Å². The molecule has 3 aromatic rings. The molecule has 1 heterocycles. The van der Waals surface area contributed by atoms with E-state index < -0.39 is 4.92 Å². The van der Waals surface area contributed by atoms with Crippen LogP contribution in [-0.2, 0) is 17.8 Å². The molecular weight excluding hydrogens is 398 g/mol. The SMILES string of the molecule is O=C(Cc1ccc(Cl)cc1)N/N=C/c1ccc(COc2ccc([N+](=O)[O-])cc2)o1. The largest absolute Gasteiger partial charge is 0.486 e. The molecule has 0 aliphatic carbocycles. The van der Waals surface area contributed by atoms with E-state index in [1.807, 2.05) is 0 Å². The standard InChI is InChI=1S/C20H16ClN3O5/c21-15-3-1-14(2-4-15)11-20(25)23-22-12-18-9-10-19(29-18)13-28-17-7-5-16(6-8-17)24(26)27/h1-10,12H,11,13H2,(H,23,25)/b22-12+. The molecule has 8 nitrogen and oxygen atoms in total. The fourth-order valence-electron chi connectivity index (χ4n) is 2.36. The summed E-state index contributed by atoms with van der Waals surface area (Å²) in [7, 11) is 0. The number of benzene rings is 2. The summed E-state index contributed by atoms with van der Waals surface area (Å²) in [6.45, 7) is 0.147. The van der Waals surface area contributed by atoms with Gasteiger partial charge in [-0.15, -0.1) is 0 Å². The zero-order valence-electron chi connectivity index (χ0n) is 15.1. The summed E-state index contributed by atoms with van der Waals surface area (Å²) in [4.78, 5) is 22.0. The molecule has 0 bridgehead atoms. The number of amides is 1. The summed E-state index contributed by atoms with van der Waals surface area (Å²) in [6, 6.07) is 16.1. The number of nitrogens with one attached hydrogen (secondary N) is 1. The van der Waals surface area contributed by atoms with E-state index in [1.165, 1.54) is 30.5 Å². The van der Waals surface area contributed by atoms with Crippen LogP contribution in [0.1, 0.15) is 17.1 Å². The van der Waals surface area contributed by atoms with E-state index in [4.69, 9.17) is 20.8 Å².